The predicted molar refractivity (Wildman–Crippen MR) is 78.9 cm³/mol. The molecule has 1 heterocycles. The van der Waals surface area contributed by atoms with Crippen molar-refractivity contribution in [3.05, 3.63) is 62.5 Å². The van der Waals surface area contributed by atoms with Gasteiger partial charge in [-0.2, -0.15) is 0 Å². The van der Waals surface area contributed by atoms with Crippen LogP contribution in [0.3, 0.4) is 0 Å². The van der Waals surface area contributed by atoms with Gasteiger partial charge in [0.2, 0.25) is 0 Å². The fraction of sp³-hybridized carbons (Fsp3) is 0.333. The maximum atomic E-state index is 13.0. The first-order valence-corrected chi connectivity index (χ1v) is 7.24. The highest BCUT2D eigenvalue weighted by Crippen LogP contribution is 2.20. The predicted octanol–water partition coefficient (Wildman–Crippen LogP) is 2.41. The molecule has 6 heteroatoms. The van der Waals surface area contributed by atoms with E-state index in [1.807, 2.05) is 0 Å². The fourth-order valence-electron chi connectivity index (χ4n) is 2.12. The van der Waals surface area contributed by atoms with E-state index in [2.05, 4.69) is 15.3 Å². The van der Waals surface area contributed by atoms with Crippen LogP contribution in [-0.2, 0) is 13.0 Å². The number of rotatable bonds is 5. The average Bonchev–Trinajstić information content (AvgIpc) is 3.23. The largest absolute Gasteiger partial charge is 0.310 e. The zero-order chi connectivity index (χ0) is 14.8. The van der Waals surface area contributed by atoms with Crippen LogP contribution in [0.1, 0.15) is 29.9 Å². The number of halogens is 2. The second-order valence-corrected chi connectivity index (χ2v) is 5.66. The number of aromatic amines is 1. The first kappa shape index (κ1) is 14.2. The lowest BCUT2D eigenvalue weighted by molar-refractivity contribution is 0.627. The third-order valence-electron chi connectivity index (χ3n) is 3.37. The maximum Gasteiger partial charge on any atom is 0.251 e. The van der Waals surface area contributed by atoms with Gasteiger partial charge in [-0.25, -0.2) is 9.37 Å². The van der Waals surface area contributed by atoms with Crippen molar-refractivity contribution in [2.24, 2.45) is 0 Å². The van der Waals surface area contributed by atoms with Crippen molar-refractivity contribution >= 4 is 11.6 Å². The summed E-state index contributed by atoms with van der Waals surface area (Å²) in [6.45, 7) is 0.582. The highest BCUT2D eigenvalue weighted by atomic mass is 35.5. The van der Waals surface area contributed by atoms with Crippen LogP contribution in [0.25, 0.3) is 0 Å². The van der Waals surface area contributed by atoms with Gasteiger partial charge in [-0.15, -0.1) is 0 Å². The zero-order valence-electron chi connectivity index (χ0n) is 11.3. The second kappa shape index (κ2) is 5.95. The van der Waals surface area contributed by atoms with Crippen LogP contribution in [0.15, 0.2) is 29.1 Å². The molecule has 0 saturated heterocycles. The molecule has 4 nitrogen and oxygen atoms in total. The molecule has 2 N–H and O–H groups in total. The van der Waals surface area contributed by atoms with E-state index in [0.717, 1.165) is 5.56 Å². The molecule has 2 aromatic rings. The molecule has 1 aliphatic rings. The molecule has 1 fully saturated rings. The van der Waals surface area contributed by atoms with Gasteiger partial charge in [-0.1, -0.05) is 17.7 Å². The van der Waals surface area contributed by atoms with Gasteiger partial charge < -0.3 is 10.3 Å². The monoisotopic (exact) mass is 307 g/mol. The van der Waals surface area contributed by atoms with E-state index >= 15 is 0 Å². The van der Waals surface area contributed by atoms with Crippen molar-refractivity contribution in [3.63, 3.8) is 0 Å². The summed E-state index contributed by atoms with van der Waals surface area (Å²) in [6.07, 6.45) is 2.73. The van der Waals surface area contributed by atoms with Crippen LogP contribution < -0.4 is 10.9 Å². The molecule has 1 aromatic heterocycles. The summed E-state index contributed by atoms with van der Waals surface area (Å²) in [6, 6.07) is 6.25. The molecule has 0 aliphatic heterocycles. The Morgan fingerprint density at radius 3 is 2.90 bits per heavy atom. The Balaban J connectivity index is 1.78. The molecule has 0 spiro atoms. The molecular formula is C15H15ClFN3O. The van der Waals surface area contributed by atoms with Crippen molar-refractivity contribution in [1.82, 2.24) is 15.3 Å². The van der Waals surface area contributed by atoms with Gasteiger partial charge in [0.1, 0.15) is 11.6 Å². The maximum absolute atomic E-state index is 13.0. The van der Waals surface area contributed by atoms with Crippen LogP contribution >= 0.6 is 11.6 Å². The minimum absolute atomic E-state index is 0.189. The number of H-pyrrole nitrogens is 1. The molecule has 1 aliphatic carbocycles. The topological polar surface area (TPSA) is 57.8 Å². The van der Waals surface area contributed by atoms with Gasteiger partial charge in [-0.3, -0.25) is 4.79 Å². The molecule has 0 radical (unpaired) electrons. The van der Waals surface area contributed by atoms with Crippen molar-refractivity contribution in [2.75, 3.05) is 0 Å². The van der Waals surface area contributed by atoms with Gasteiger partial charge in [0, 0.05) is 30.1 Å². The number of hydrogen-bond donors (Lipinski definition) is 2. The molecular weight excluding hydrogens is 293 g/mol. The van der Waals surface area contributed by atoms with Crippen molar-refractivity contribution in [2.45, 2.75) is 31.8 Å². The van der Waals surface area contributed by atoms with Crippen LogP contribution in [-0.4, -0.2) is 16.0 Å². The van der Waals surface area contributed by atoms with E-state index in [-0.39, 0.29) is 11.4 Å². The smallest absolute Gasteiger partial charge is 0.251 e. The van der Waals surface area contributed by atoms with Gasteiger partial charge >= 0.3 is 0 Å². The summed E-state index contributed by atoms with van der Waals surface area (Å²) < 4.78 is 13.0. The van der Waals surface area contributed by atoms with E-state index in [4.69, 9.17) is 11.6 Å². The summed E-state index contributed by atoms with van der Waals surface area (Å²) >= 11 is 6.00. The normalized spacial score (nSPS) is 14.4. The van der Waals surface area contributed by atoms with Crippen molar-refractivity contribution < 1.29 is 4.39 Å². The molecule has 0 amide bonds. The van der Waals surface area contributed by atoms with Gasteiger partial charge in [0.05, 0.1) is 5.69 Å². The molecule has 21 heavy (non-hydrogen) atoms. The van der Waals surface area contributed by atoms with Gasteiger partial charge in [-0.05, 0) is 30.5 Å². The Morgan fingerprint density at radius 1 is 1.38 bits per heavy atom. The minimum Gasteiger partial charge on any atom is -0.310 e. The summed E-state index contributed by atoms with van der Waals surface area (Å²) in [5.74, 6) is 0.149. The summed E-state index contributed by atoms with van der Waals surface area (Å²) in [5.41, 5.74) is 1.25. The fourth-order valence-corrected chi connectivity index (χ4v) is 2.35. The minimum atomic E-state index is -0.382. The van der Waals surface area contributed by atoms with E-state index in [0.29, 0.717) is 35.5 Å². The number of nitrogens with zero attached hydrogens (tertiary/aromatic N) is 1. The lowest BCUT2D eigenvalue weighted by Crippen LogP contribution is -2.20. The van der Waals surface area contributed by atoms with E-state index < -0.39 is 0 Å². The first-order chi connectivity index (χ1) is 10.1. The third-order valence-corrected chi connectivity index (χ3v) is 3.72. The number of hydrogen-bond acceptors (Lipinski definition) is 3. The third kappa shape index (κ3) is 3.89. The van der Waals surface area contributed by atoms with Crippen molar-refractivity contribution in [3.8, 4) is 0 Å². The molecule has 0 unspecified atom stereocenters. The number of aromatic nitrogens is 2. The van der Waals surface area contributed by atoms with E-state index in [1.54, 1.807) is 6.07 Å². The molecule has 0 bridgehead atoms. The van der Waals surface area contributed by atoms with Gasteiger partial charge in [0.25, 0.3) is 5.56 Å². The molecule has 3 rings (SSSR count). The number of nitrogens with one attached hydrogen (secondary N) is 2. The van der Waals surface area contributed by atoms with E-state index in [1.165, 1.54) is 31.0 Å². The number of benzene rings is 1. The highest BCUT2D eigenvalue weighted by Gasteiger charge is 2.20. The van der Waals surface area contributed by atoms with Gasteiger partial charge in [0.15, 0.2) is 0 Å². The Kier molecular flexibility index (Phi) is 4.03. The first-order valence-electron chi connectivity index (χ1n) is 6.86. The van der Waals surface area contributed by atoms with Crippen LogP contribution in [0, 0.1) is 5.82 Å². The lowest BCUT2D eigenvalue weighted by Gasteiger charge is -2.07. The van der Waals surface area contributed by atoms with Crippen LogP contribution in [0.5, 0.6) is 0 Å². The summed E-state index contributed by atoms with van der Waals surface area (Å²) in [4.78, 5) is 18.8. The second-order valence-electron chi connectivity index (χ2n) is 5.25. The molecule has 0 atom stereocenters. The van der Waals surface area contributed by atoms with Crippen LogP contribution in [0.2, 0.25) is 5.02 Å². The van der Waals surface area contributed by atoms with Crippen molar-refractivity contribution in [1.29, 1.82) is 0 Å². The Hall–Kier alpha value is -1.72. The molecule has 1 saturated carbocycles. The zero-order valence-corrected chi connectivity index (χ0v) is 12.1. The standard InChI is InChI=1S/C15H15ClFN3O/c16-13-6-10(17)2-1-9(13)5-14-19-12(7-15(21)20-14)8-18-11-3-4-11/h1-2,6-7,11,18H,3-5,8H2,(H,19,20,21). The van der Waals surface area contributed by atoms with E-state index in [9.17, 15) is 9.18 Å². The highest BCUT2D eigenvalue weighted by molar-refractivity contribution is 6.31. The average molecular weight is 308 g/mol. The quantitative estimate of drug-likeness (QED) is 0.892. The Bertz CT molecular complexity index is 712. The Labute approximate surface area is 126 Å². The molecule has 110 valence electrons. The summed E-state index contributed by atoms with van der Waals surface area (Å²) in [5, 5.41) is 3.65. The molecule has 1 aromatic carbocycles. The van der Waals surface area contributed by atoms with Crippen LogP contribution in [0.4, 0.5) is 4.39 Å². The Morgan fingerprint density at radius 2 is 2.19 bits per heavy atom. The SMILES string of the molecule is O=c1cc(CNC2CC2)nc(Cc2ccc(F)cc2Cl)[nH]1. The lowest BCUT2D eigenvalue weighted by atomic mass is 10.1. The summed E-state index contributed by atoms with van der Waals surface area (Å²) in [7, 11) is 0.